The number of rotatable bonds is 8. The van der Waals surface area contributed by atoms with Crippen molar-refractivity contribution in [2.75, 3.05) is 0 Å². The molecule has 1 fully saturated rings. The molecule has 1 unspecified atom stereocenters. The predicted octanol–water partition coefficient (Wildman–Crippen LogP) is 8.46. The number of aldehydes is 1. The van der Waals surface area contributed by atoms with Crippen molar-refractivity contribution in [3.8, 4) is 32.4 Å². The first kappa shape index (κ1) is 26.6. The third kappa shape index (κ3) is 4.60. The van der Waals surface area contributed by atoms with Crippen molar-refractivity contribution in [3.63, 3.8) is 0 Å². The summed E-state index contributed by atoms with van der Waals surface area (Å²) in [5, 5.41) is 6.39. The summed E-state index contributed by atoms with van der Waals surface area (Å²) in [4.78, 5) is 16.1. The van der Waals surface area contributed by atoms with Crippen molar-refractivity contribution < 1.29 is 26.3 Å². The van der Waals surface area contributed by atoms with E-state index < -0.39 is 28.4 Å². The van der Waals surface area contributed by atoms with Gasteiger partial charge in [0.15, 0.2) is 12.1 Å². The fraction of sp³-hybridized carbons (Fsp3) is 0.167. The molecule has 7 rings (SSSR count). The number of benzene rings is 3. The van der Waals surface area contributed by atoms with Gasteiger partial charge in [0.05, 0.1) is 15.9 Å². The lowest BCUT2D eigenvalue weighted by molar-refractivity contribution is -0.161. The topological polar surface area (TPSA) is 76.7 Å². The Bertz CT molecular complexity index is 1900. The molecule has 212 valence electrons. The van der Waals surface area contributed by atoms with Gasteiger partial charge in [-0.3, -0.25) is 4.79 Å². The Balaban J connectivity index is 1.47. The van der Waals surface area contributed by atoms with Crippen molar-refractivity contribution in [2.24, 2.45) is 0 Å². The summed E-state index contributed by atoms with van der Waals surface area (Å²) in [7, 11) is -0.816. The van der Waals surface area contributed by atoms with E-state index in [9.17, 15) is 18.0 Å². The summed E-state index contributed by atoms with van der Waals surface area (Å²) in [6.07, 6.45) is -4.14. The van der Waals surface area contributed by atoms with Gasteiger partial charge in [0.25, 0.3) is 4.90 Å². The minimum Gasteiger partial charge on any atom is -0.296 e. The predicted molar refractivity (Wildman–Crippen MR) is 152 cm³/mol. The number of alkyl halides is 3. The zero-order valence-electron chi connectivity index (χ0n) is 21.7. The fourth-order valence-electron chi connectivity index (χ4n) is 5.24. The van der Waals surface area contributed by atoms with Gasteiger partial charge < -0.3 is 0 Å². The monoisotopic (exact) mass is 609 g/mol. The van der Waals surface area contributed by atoms with Crippen molar-refractivity contribution in [1.29, 1.82) is 0 Å². The molecular weight excluding hydrogens is 588 g/mol. The summed E-state index contributed by atoms with van der Waals surface area (Å²) >= 11 is 1.11. The highest BCUT2D eigenvalue weighted by molar-refractivity contribution is 7.30. The molecule has 0 bridgehead atoms. The van der Waals surface area contributed by atoms with Gasteiger partial charge in [-0.15, -0.1) is 11.3 Å². The molecule has 3 aromatic carbocycles. The van der Waals surface area contributed by atoms with Crippen molar-refractivity contribution in [3.05, 3.63) is 107 Å². The van der Waals surface area contributed by atoms with E-state index in [0.717, 1.165) is 22.5 Å². The maximum Gasteiger partial charge on any atom is 0.400 e. The van der Waals surface area contributed by atoms with Gasteiger partial charge in [0.2, 0.25) is 5.13 Å². The van der Waals surface area contributed by atoms with Crippen molar-refractivity contribution >= 4 is 28.6 Å². The first-order valence-corrected chi connectivity index (χ1v) is 15.0. The zero-order chi connectivity index (χ0) is 29.1. The maximum atomic E-state index is 15.0. The lowest BCUT2D eigenvalue weighted by Gasteiger charge is -2.19. The Hall–Kier alpha value is -4.29. The molecule has 1 saturated carbocycles. The number of H-pyrrole nitrogens is 1. The average Bonchev–Trinajstić information content (AvgIpc) is 3.91. The second kappa shape index (κ2) is 9.92. The van der Waals surface area contributed by atoms with Crippen LogP contribution in [0.5, 0.6) is 0 Å². The van der Waals surface area contributed by atoms with E-state index in [1.807, 2.05) is 54.6 Å². The van der Waals surface area contributed by atoms with Crippen LogP contribution in [-0.4, -0.2) is 31.8 Å². The van der Waals surface area contributed by atoms with Crippen LogP contribution in [0.25, 0.3) is 32.4 Å². The van der Waals surface area contributed by atoms with Gasteiger partial charge in [-0.2, -0.15) is 18.3 Å². The van der Waals surface area contributed by atoms with Gasteiger partial charge in [-0.1, -0.05) is 58.6 Å². The highest BCUT2D eigenvalue weighted by Gasteiger charge is 2.66. The second-order valence-corrected chi connectivity index (χ2v) is 12.3. The summed E-state index contributed by atoms with van der Waals surface area (Å²) in [5.41, 5.74) is 1.63. The minimum absolute atomic E-state index is 0.00321. The lowest BCUT2D eigenvalue weighted by atomic mass is 9.90. The molecule has 1 atom stereocenters. The number of hydrogen-bond acceptors (Lipinski definition) is 5. The third-order valence-corrected chi connectivity index (χ3v) is 9.43. The molecular formula is C30H21F4N4O2S2+. The van der Waals surface area contributed by atoms with Crippen LogP contribution in [0.4, 0.5) is 17.6 Å². The number of aromatic nitrogens is 4. The normalized spacial score (nSPS) is 14.8. The number of thiazole rings is 1. The van der Waals surface area contributed by atoms with Crippen LogP contribution in [0.15, 0.2) is 82.1 Å². The van der Waals surface area contributed by atoms with Gasteiger partial charge in [-0.25, -0.2) is 14.1 Å². The summed E-state index contributed by atoms with van der Waals surface area (Å²) in [5.74, 6) is -0.505. The van der Waals surface area contributed by atoms with E-state index >= 15 is 4.39 Å². The number of hydrogen-bond donors (Lipinski definition) is 1. The van der Waals surface area contributed by atoms with E-state index in [4.69, 9.17) is 3.96 Å². The van der Waals surface area contributed by atoms with Gasteiger partial charge in [0.1, 0.15) is 11.1 Å². The lowest BCUT2D eigenvalue weighted by Crippen LogP contribution is -2.30. The van der Waals surface area contributed by atoms with Crippen LogP contribution >= 0.6 is 22.3 Å². The number of halogens is 4. The molecule has 3 heterocycles. The smallest absolute Gasteiger partial charge is 0.296 e. The molecule has 0 aliphatic heterocycles. The highest BCUT2D eigenvalue weighted by Crippen LogP contribution is 2.60. The largest absolute Gasteiger partial charge is 0.400 e. The molecule has 1 aliphatic carbocycles. The Kier molecular flexibility index (Phi) is 6.28. The summed E-state index contributed by atoms with van der Waals surface area (Å²) in [6, 6.07) is 21.7. The number of nitrogens with zero attached hydrogens (tertiary/aromatic N) is 3. The first-order chi connectivity index (χ1) is 20.3. The molecule has 0 saturated heterocycles. The van der Waals surface area contributed by atoms with E-state index in [2.05, 4.69) is 14.6 Å². The van der Waals surface area contributed by atoms with Crippen LogP contribution in [-0.2, 0) is 11.8 Å². The van der Waals surface area contributed by atoms with Crippen molar-refractivity contribution in [2.45, 2.75) is 30.9 Å². The van der Waals surface area contributed by atoms with Crippen LogP contribution in [0.2, 0.25) is 0 Å². The van der Waals surface area contributed by atoms with Crippen LogP contribution < -0.4 is 0 Å². The molecule has 42 heavy (non-hydrogen) atoms. The Labute approximate surface area is 243 Å². The molecule has 3 aromatic heterocycles. The average molecular weight is 610 g/mol. The van der Waals surface area contributed by atoms with Gasteiger partial charge in [-0.05, 0) is 41.7 Å². The van der Waals surface area contributed by atoms with Crippen LogP contribution in [0.1, 0.15) is 40.2 Å². The standard InChI is InChI=1S/C30H21F4N4O2S2/c31-24-14-18(9-10-25(24)42-37-40-42)13-23-26(21-8-4-7-20(15-21)19-5-2-1-3-6-19)38(28-35-22(16-39)17-41-28)36-27(23)29(11-12-29)30(32,33)34/h1-10,14-17,37H,11-13H2/q+1. The molecule has 6 aromatic rings. The molecule has 0 amide bonds. The van der Waals surface area contributed by atoms with Gasteiger partial charge in [0, 0.05) is 29.0 Å². The van der Waals surface area contributed by atoms with E-state index in [1.54, 1.807) is 12.1 Å². The third-order valence-electron chi connectivity index (χ3n) is 7.53. The van der Waals surface area contributed by atoms with E-state index in [1.165, 1.54) is 16.1 Å². The summed E-state index contributed by atoms with van der Waals surface area (Å²) < 4.78 is 67.9. The van der Waals surface area contributed by atoms with Crippen LogP contribution in [0, 0.1) is 5.82 Å². The molecule has 6 nitrogen and oxygen atoms in total. The number of nitrogens with one attached hydrogen (secondary N) is 1. The molecule has 0 radical (unpaired) electrons. The van der Waals surface area contributed by atoms with Crippen molar-refractivity contribution in [1.82, 2.24) is 19.3 Å². The molecule has 12 heteroatoms. The Morgan fingerprint density at radius 2 is 1.76 bits per heavy atom. The quantitative estimate of drug-likeness (QED) is 0.107. The Morgan fingerprint density at radius 1 is 1.02 bits per heavy atom. The number of carbonyl (C=O) groups excluding carboxylic acids is 1. The van der Waals surface area contributed by atoms with E-state index in [-0.39, 0.29) is 35.8 Å². The zero-order valence-corrected chi connectivity index (χ0v) is 23.3. The summed E-state index contributed by atoms with van der Waals surface area (Å²) in [6.45, 7) is 0. The SMILES string of the molecule is O=Cc1csc(-n2nc(C3(C(F)(F)F)CC3)c(Cc3ccc(-[s+]4[nH]o4)c(F)c3)c2-c2cccc(-c3ccccc3)c2)n1. The number of aromatic amines is 1. The van der Waals surface area contributed by atoms with E-state index in [0.29, 0.717) is 33.6 Å². The van der Waals surface area contributed by atoms with Crippen LogP contribution in [0.3, 0.4) is 0 Å². The number of carbonyl (C=O) groups is 1. The fourth-order valence-corrected chi connectivity index (χ4v) is 6.70. The molecule has 0 spiro atoms. The minimum atomic E-state index is -4.54. The first-order valence-electron chi connectivity index (χ1n) is 13.0. The second-order valence-electron chi connectivity index (χ2n) is 10.2. The maximum absolute atomic E-state index is 15.0. The molecule has 1 aliphatic rings. The molecule has 1 N–H and O–H groups in total. The highest BCUT2D eigenvalue weighted by atomic mass is 32.2. The van der Waals surface area contributed by atoms with Gasteiger partial charge >= 0.3 is 17.1 Å². The Morgan fingerprint density at radius 3 is 2.40 bits per heavy atom.